The highest BCUT2D eigenvalue weighted by atomic mass is 16.3. The fourth-order valence-corrected chi connectivity index (χ4v) is 1.29. The quantitative estimate of drug-likeness (QED) is 0.579. The van der Waals surface area contributed by atoms with Gasteiger partial charge < -0.3 is 15.4 Å². The molecule has 0 fully saturated rings. The van der Waals surface area contributed by atoms with Crippen molar-refractivity contribution in [1.29, 1.82) is 0 Å². The normalized spacial score (nSPS) is 13.3. The minimum absolute atomic E-state index is 0.344. The van der Waals surface area contributed by atoms with Crippen molar-refractivity contribution in [3.63, 3.8) is 0 Å². The van der Waals surface area contributed by atoms with Gasteiger partial charge in [-0.25, -0.2) is 4.99 Å². The van der Waals surface area contributed by atoms with Gasteiger partial charge in [-0.3, -0.25) is 0 Å². The second kappa shape index (κ2) is 4.75. The molecule has 0 radical (unpaired) electrons. The Hall–Kier alpha value is -1.62. The molecule has 0 bridgehead atoms. The van der Waals surface area contributed by atoms with E-state index in [0.29, 0.717) is 23.9 Å². The molecule has 5 heteroatoms. The molecule has 1 atom stereocenters. The van der Waals surface area contributed by atoms with E-state index in [2.05, 4.69) is 16.6 Å². The average Bonchev–Trinajstić information content (AvgIpc) is 2.43. The largest absolute Gasteiger partial charge is 0.387 e. The third kappa shape index (κ3) is 2.44. The van der Waals surface area contributed by atoms with Gasteiger partial charge in [0.2, 0.25) is 5.95 Å². The number of aliphatic hydroxyl groups is 1. The van der Waals surface area contributed by atoms with Crippen LogP contribution in [0, 0.1) is 0 Å². The number of nitrogens with two attached hydrogens (primary N) is 1. The third-order valence-corrected chi connectivity index (χ3v) is 2.04. The van der Waals surface area contributed by atoms with Crippen LogP contribution in [0.2, 0.25) is 0 Å². The zero-order chi connectivity index (χ0) is 11.4. The van der Waals surface area contributed by atoms with Crippen LogP contribution in [-0.2, 0) is 7.05 Å². The first kappa shape index (κ1) is 11.5. The fourth-order valence-electron chi connectivity index (χ4n) is 1.29. The van der Waals surface area contributed by atoms with Gasteiger partial charge in [0.25, 0.3) is 0 Å². The van der Waals surface area contributed by atoms with Gasteiger partial charge in [-0.2, -0.15) is 4.98 Å². The van der Waals surface area contributed by atoms with Gasteiger partial charge in [-0.1, -0.05) is 6.08 Å². The summed E-state index contributed by atoms with van der Waals surface area (Å²) in [5, 5.41) is 9.54. The maximum atomic E-state index is 9.54. The summed E-state index contributed by atoms with van der Waals surface area (Å²) in [5.41, 5.74) is 6.25. The molecule has 15 heavy (non-hydrogen) atoms. The monoisotopic (exact) mass is 208 g/mol. The van der Waals surface area contributed by atoms with Crippen molar-refractivity contribution >= 4 is 18.0 Å². The number of hydrogen-bond donors (Lipinski definition) is 2. The molecule has 0 amide bonds. The Bertz CT molecular complexity index is 379. The molecular formula is C10H16N4O. The Morgan fingerprint density at radius 2 is 2.40 bits per heavy atom. The molecule has 1 unspecified atom stereocenters. The summed E-state index contributed by atoms with van der Waals surface area (Å²) in [7, 11) is 1.75. The van der Waals surface area contributed by atoms with Crippen molar-refractivity contribution in [2.24, 2.45) is 12.0 Å². The van der Waals surface area contributed by atoms with Crippen molar-refractivity contribution < 1.29 is 5.11 Å². The SMILES string of the molecule is C=CC/C=N\c1nc(N)n(C)c1C(C)O. The van der Waals surface area contributed by atoms with E-state index >= 15 is 0 Å². The number of aliphatic imine (C=N–C) groups is 1. The summed E-state index contributed by atoms with van der Waals surface area (Å²) in [5.74, 6) is 0.809. The van der Waals surface area contributed by atoms with Crippen LogP contribution in [0.1, 0.15) is 25.1 Å². The number of imidazole rings is 1. The van der Waals surface area contributed by atoms with Crippen LogP contribution in [0.3, 0.4) is 0 Å². The number of nitrogens with zero attached hydrogens (tertiary/aromatic N) is 3. The fraction of sp³-hybridized carbons (Fsp3) is 0.400. The predicted octanol–water partition coefficient (Wildman–Crippen LogP) is 1.33. The van der Waals surface area contributed by atoms with Gasteiger partial charge in [0.1, 0.15) is 0 Å². The maximum absolute atomic E-state index is 9.54. The van der Waals surface area contributed by atoms with Gasteiger partial charge >= 0.3 is 0 Å². The molecule has 0 aliphatic heterocycles. The molecule has 0 saturated carbocycles. The first-order valence-corrected chi connectivity index (χ1v) is 4.71. The van der Waals surface area contributed by atoms with Crippen LogP contribution < -0.4 is 5.73 Å². The molecule has 1 rings (SSSR count). The van der Waals surface area contributed by atoms with Gasteiger partial charge in [0.05, 0.1) is 11.8 Å². The van der Waals surface area contributed by atoms with Crippen molar-refractivity contribution in [2.45, 2.75) is 19.4 Å². The Labute approximate surface area is 89.0 Å². The molecule has 0 spiro atoms. The summed E-state index contributed by atoms with van der Waals surface area (Å²) in [6.07, 6.45) is 3.43. The Balaban J connectivity index is 3.06. The lowest BCUT2D eigenvalue weighted by atomic mass is 10.3. The van der Waals surface area contributed by atoms with E-state index in [9.17, 15) is 5.11 Å². The number of aliphatic hydroxyl groups excluding tert-OH is 1. The Morgan fingerprint density at radius 3 is 2.93 bits per heavy atom. The van der Waals surface area contributed by atoms with Gasteiger partial charge in [-0.05, 0) is 6.92 Å². The van der Waals surface area contributed by atoms with E-state index in [4.69, 9.17) is 5.73 Å². The predicted molar refractivity (Wildman–Crippen MR) is 61.2 cm³/mol. The summed E-state index contributed by atoms with van der Waals surface area (Å²) >= 11 is 0. The highest BCUT2D eigenvalue weighted by Crippen LogP contribution is 2.26. The lowest BCUT2D eigenvalue weighted by Gasteiger charge is -2.06. The van der Waals surface area contributed by atoms with Crippen molar-refractivity contribution in [2.75, 3.05) is 5.73 Å². The molecule has 1 aromatic rings. The highest BCUT2D eigenvalue weighted by molar-refractivity contribution is 5.65. The third-order valence-electron chi connectivity index (χ3n) is 2.04. The Kier molecular flexibility index (Phi) is 3.62. The zero-order valence-corrected chi connectivity index (χ0v) is 9.01. The molecule has 1 heterocycles. The summed E-state index contributed by atoms with van der Waals surface area (Å²) in [6.45, 7) is 5.24. The zero-order valence-electron chi connectivity index (χ0n) is 9.01. The maximum Gasteiger partial charge on any atom is 0.202 e. The number of hydrogen-bond acceptors (Lipinski definition) is 4. The van der Waals surface area contributed by atoms with Crippen LogP contribution in [0.4, 0.5) is 11.8 Å². The second-order valence-corrected chi connectivity index (χ2v) is 3.25. The highest BCUT2D eigenvalue weighted by Gasteiger charge is 2.15. The lowest BCUT2D eigenvalue weighted by Crippen LogP contribution is -2.03. The molecule has 0 aliphatic carbocycles. The minimum atomic E-state index is -0.643. The van der Waals surface area contributed by atoms with Crippen molar-refractivity contribution in [1.82, 2.24) is 9.55 Å². The average molecular weight is 208 g/mol. The second-order valence-electron chi connectivity index (χ2n) is 3.25. The van der Waals surface area contributed by atoms with Crippen LogP contribution in [-0.4, -0.2) is 20.9 Å². The summed E-state index contributed by atoms with van der Waals surface area (Å²) in [4.78, 5) is 8.18. The number of nitrogen functional groups attached to an aromatic ring is 1. The smallest absolute Gasteiger partial charge is 0.202 e. The van der Waals surface area contributed by atoms with Crippen molar-refractivity contribution in [3.05, 3.63) is 18.3 Å². The first-order valence-electron chi connectivity index (χ1n) is 4.71. The number of aromatic nitrogens is 2. The molecule has 5 nitrogen and oxygen atoms in total. The number of rotatable bonds is 4. The molecule has 82 valence electrons. The molecule has 0 saturated heterocycles. The first-order chi connectivity index (χ1) is 7.07. The number of allylic oxidation sites excluding steroid dienone is 1. The van der Waals surface area contributed by atoms with Crippen LogP contribution in [0.5, 0.6) is 0 Å². The van der Waals surface area contributed by atoms with E-state index < -0.39 is 6.10 Å². The molecular weight excluding hydrogens is 192 g/mol. The van der Waals surface area contributed by atoms with Gasteiger partial charge in [-0.15, -0.1) is 6.58 Å². The standard InChI is InChI=1S/C10H16N4O/c1-4-5-6-12-9-8(7(2)15)14(3)10(11)13-9/h4,6-7,15H,1,5H2,2-3H3,(H2,11,13)/b12-6-. The van der Waals surface area contributed by atoms with E-state index in [1.807, 2.05) is 0 Å². The topological polar surface area (TPSA) is 76.4 Å². The summed E-state index contributed by atoms with van der Waals surface area (Å²) < 4.78 is 1.63. The van der Waals surface area contributed by atoms with E-state index in [-0.39, 0.29) is 0 Å². The van der Waals surface area contributed by atoms with Crippen LogP contribution >= 0.6 is 0 Å². The number of anilines is 1. The summed E-state index contributed by atoms with van der Waals surface area (Å²) in [6, 6.07) is 0. The van der Waals surface area contributed by atoms with E-state index in [0.717, 1.165) is 0 Å². The lowest BCUT2D eigenvalue weighted by molar-refractivity contribution is 0.191. The molecule has 0 aromatic carbocycles. The minimum Gasteiger partial charge on any atom is -0.387 e. The van der Waals surface area contributed by atoms with E-state index in [1.165, 1.54) is 0 Å². The van der Waals surface area contributed by atoms with Crippen molar-refractivity contribution in [3.8, 4) is 0 Å². The molecule has 3 N–H and O–H groups in total. The van der Waals surface area contributed by atoms with Gasteiger partial charge in [0, 0.05) is 19.7 Å². The Morgan fingerprint density at radius 1 is 1.73 bits per heavy atom. The molecule has 0 aliphatic rings. The molecule has 1 aromatic heterocycles. The van der Waals surface area contributed by atoms with Crippen LogP contribution in [0.15, 0.2) is 17.6 Å². The van der Waals surface area contributed by atoms with Crippen LogP contribution in [0.25, 0.3) is 0 Å². The van der Waals surface area contributed by atoms with E-state index in [1.54, 1.807) is 30.8 Å². The van der Waals surface area contributed by atoms with Gasteiger partial charge in [0.15, 0.2) is 5.82 Å².